The molecule has 0 bridgehead atoms. The van der Waals surface area contributed by atoms with Gasteiger partial charge >= 0.3 is 0 Å². The summed E-state index contributed by atoms with van der Waals surface area (Å²) in [6, 6.07) is 7.14. The van der Waals surface area contributed by atoms with Gasteiger partial charge in [0, 0.05) is 24.0 Å². The quantitative estimate of drug-likeness (QED) is 0.858. The van der Waals surface area contributed by atoms with Gasteiger partial charge in [-0.05, 0) is 56.1 Å². The van der Waals surface area contributed by atoms with E-state index in [0.29, 0.717) is 28.9 Å². The van der Waals surface area contributed by atoms with Gasteiger partial charge in [-0.25, -0.2) is 0 Å². The fourth-order valence-electron chi connectivity index (χ4n) is 3.17. The number of likely N-dealkylation sites (tertiary alicyclic amines) is 1. The molecule has 0 aliphatic carbocycles. The van der Waals surface area contributed by atoms with Crippen LogP contribution in [0.1, 0.15) is 12.8 Å². The van der Waals surface area contributed by atoms with Crippen LogP contribution >= 0.6 is 11.6 Å². The summed E-state index contributed by atoms with van der Waals surface area (Å²) in [5.74, 6) is 1.18. The first-order chi connectivity index (χ1) is 12.1. The SMILES string of the molecule is COc1ccc(Cl)cc1NC(=O)CN1CCC(Cn2cccn2)CC1. The summed E-state index contributed by atoms with van der Waals surface area (Å²) in [5, 5.41) is 7.72. The first-order valence-electron chi connectivity index (χ1n) is 8.47. The molecule has 1 aliphatic heterocycles. The van der Waals surface area contributed by atoms with Gasteiger partial charge in [0.2, 0.25) is 5.91 Å². The molecule has 0 unspecified atom stereocenters. The number of nitrogens with one attached hydrogen (secondary N) is 1. The van der Waals surface area contributed by atoms with Gasteiger partial charge in [-0.15, -0.1) is 0 Å². The maximum atomic E-state index is 12.3. The summed E-state index contributed by atoms with van der Waals surface area (Å²) in [4.78, 5) is 14.5. The Morgan fingerprint density at radius 3 is 2.88 bits per heavy atom. The highest BCUT2D eigenvalue weighted by Crippen LogP contribution is 2.27. The number of benzene rings is 1. The second kappa shape index (κ2) is 8.36. The minimum Gasteiger partial charge on any atom is -0.495 e. The first-order valence-corrected chi connectivity index (χ1v) is 8.85. The summed E-state index contributed by atoms with van der Waals surface area (Å²) in [6.45, 7) is 3.18. The third-order valence-corrected chi connectivity index (χ3v) is 4.75. The van der Waals surface area contributed by atoms with E-state index < -0.39 is 0 Å². The van der Waals surface area contributed by atoms with E-state index in [1.165, 1.54) is 0 Å². The van der Waals surface area contributed by atoms with Crippen molar-refractivity contribution in [2.75, 3.05) is 32.1 Å². The number of methoxy groups -OCH3 is 1. The summed E-state index contributed by atoms with van der Waals surface area (Å²) < 4.78 is 7.24. The number of carbonyl (C=O) groups is 1. The normalized spacial score (nSPS) is 15.9. The Balaban J connectivity index is 1.47. The Morgan fingerprint density at radius 1 is 1.40 bits per heavy atom. The maximum absolute atomic E-state index is 12.3. The molecule has 0 atom stereocenters. The second-order valence-electron chi connectivity index (χ2n) is 6.34. The highest BCUT2D eigenvalue weighted by atomic mass is 35.5. The van der Waals surface area contributed by atoms with Crippen LogP contribution in [0.3, 0.4) is 0 Å². The van der Waals surface area contributed by atoms with Crippen molar-refractivity contribution < 1.29 is 9.53 Å². The number of aromatic nitrogens is 2. The van der Waals surface area contributed by atoms with Crippen molar-refractivity contribution in [2.45, 2.75) is 19.4 Å². The van der Waals surface area contributed by atoms with Crippen LogP contribution in [-0.4, -0.2) is 47.3 Å². The summed E-state index contributed by atoms with van der Waals surface area (Å²) in [5.41, 5.74) is 0.605. The summed E-state index contributed by atoms with van der Waals surface area (Å²) in [7, 11) is 1.57. The molecule has 134 valence electrons. The van der Waals surface area contributed by atoms with E-state index in [4.69, 9.17) is 16.3 Å². The van der Waals surface area contributed by atoms with Crippen molar-refractivity contribution in [1.29, 1.82) is 0 Å². The average molecular weight is 363 g/mol. The standard InChI is InChI=1S/C18H23ClN4O2/c1-25-17-4-3-15(19)11-16(17)21-18(24)13-22-9-5-14(6-10-22)12-23-8-2-7-20-23/h2-4,7-8,11,14H,5-6,9-10,12-13H2,1H3,(H,21,24). The summed E-state index contributed by atoms with van der Waals surface area (Å²) >= 11 is 6.00. The topological polar surface area (TPSA) is 59.4 Å². The average Bonchev–Trinajstić information content (AvgIpc) is 3.10. The Bertz CT molecular complexity index is 697. The van der Waals surface area contributed by atoms with Gasteiger partial charge in [-0.1, -0.05) is 11.6 Å². The molecule has 6 nitrogen and oxygen atoms in total. The number of rotatable bonds is 6. The molecule has 1 fully saturated rings. The van der Waals surface area contributed by atoms with E-state index in [1.54, 1.807) is 25.3 Å². The van der Waals surface area contributed by atoms with Crippen LogP contribution in [0.4, 0.5) is 5.69 Å². The van der Waals surface area contributed by atoms with Crippen LogP contribution in [0, 0.1) is 5.92 Å². The van der Waals surface area contributed by atoms with Gasteiger partial charge < -0.3 is 10.1 Å². The molecule has 1 aromatic heterocycles. The zero-order valence-electron chi connectivity index (χ0n) is 14.3. The van der Waals surface area contributed by atoms with Crippen molar-refractivity contribution in [1.82, 2.24) is 14.7 Å². The molecule has 7 heteroatoms. The van der Waals surface area contributed by atoms with Crippen molar-refractivity contribution in [3.8, 4) is 5.75 Å². The van der Waals surface area contributed by atoms with E-state index in [9.17, 15) is 4.79 Å². The van der Waals surface area contributed by atoms with Gasteiger partial charge in [0.1, 0.15) is 5.75 Å². The van der Waals surface area contributed by atoms with Crippen molar-refractivity contribution >= 4 is 23.2 Å². The van der Waals surface area contributed by atoms with Gasteiger partial charge in [0.15, 0.2) is 0 Å². The number of hydrogen-bond acceptors (Lipinski definition) is 4. The largest absolute Gasteiger partial charge is 0.495 e. The molecular formula is C18H23ClN4O2. The second-order valence-corrected chi connectivity index (χ2v) is 6.78. The number of anilines is 1. The van der Waals surface area contributed by atoms with Crippen LogP contribution in [0.5, 0.6) is 5.75 Å². The van der Waals surface area contributed by atoms with E-state index in [2.05, 4.69) is 15.3 Å². The number of halogens is 1. The molecule has 1 aromatic carbocycles. The van der Waals surface area contributed by atoms with Crippen LogP contribution in [0.25, 0.3) is 0 Å². The Hall–Kier alpha value is -2.05. The number of carbonyl (C=O) groups excluding carboxylic acids is 1. The number of ether oxygens (including phenoxy) is 1. The van der Waals surface area contributed by atoms with Crippen LogP contribution in [0.15, 0.2) is 36.7 Å². The molecule has 0 radical (unpaired) electrons. The lowest BCUT2D eigenvalue weighted by Gasteiger charge is -2.31. The minimum atomic E-state index is -0.0499. The van der Waals surface area contributed by atoms with Gasteiger partial charge in [0.25, 0.3) is 0 Å². The zero-order chi connectivity index (χ0) is 17.6. The highest BCUT2D eigenvalue weighted by Gasteiger charge is 2.21. The van der Waals surface area contributed by atoms with Gasteiger partial charge in [-0.2, -0.15) is 5.10 Å². The van der Waals surface area contributed by atoms with Crippen LogP contribution in [-0.2, 0) is 11.3 Å². The highest BCUT2D eigenvalue weighted by molar-refractivity contribution is 6.31. The number of piperidine rings is 1. The van der Waals surface area contributed by atoms with Crippen LogP contribution in [0.2, 0.25) is 5.02 Å². The zero-order valence-corrected chi connectivity index (χ0v) is 15.1. The van der Waals surface area contributed by atoms with E-state index >= 15 is 0 Å². The molecule has 2 aromatic rings. The summed E-state index contributed by atoms with van der Waals surface area (Å²) in [6.07, 6.45) is 5.96. The fourth-order valence-corrected chi connectivity index (χ4v) is 3.34. The molecule has 0 saturated carbocycles. The van der Waals surface area contributed by atoms with Crippen molar-refractivity contribution in [3.63, 3.8) is 0 Å². The lowest BCUT2D eigenvalue weighted by molar-refractivity contribution is -0.117. The van der Waals surface area contributed by atoms with E-state index in [1.807, 2.05) is 23.1 Å². The number of amides is 1. The molecule has 3 rings (SSSR count). The lowest BCUT2D eigenvalue weighted by atomic mass is 9.97. The smallest absolute Gasteiger partial charge is 0.238 e. The third kappa shape index (κ3) is 4.96. The van der Waals surface area contributed by atoms with Gasteiger partial charge in [-0.3, -0.25) is 14.4 Å². The molecule has 25 heavy (non-hydrogen) atoms. The van der Waals surface area contributed by atoms with E-state index in [0.717, 1.165) is 32.5 Å². The molecule has 1 aliphatic rings. The molecule has 1 N–H and O–H groups in total. The molecule has 1 amide bonds. The lowest BCUT2D eigenvalue weighted by Crippen LogP contribution is -2.40. The molecule has 2 heterocycles. The van der Waals surface area contributed by atoms with Crippen molar-refractivity contribution in [3.05, 3.63) is 41.7 Å². The van der Waals surface area contributed by atoms with E-state index in [-0.39, 0.29) is 5.91 Å². The van der Waals surface area contributed by atoms with Crippen LogP contribution < -0.4 is 10.1 Å². The third-order valence-electron chi connectivity index (χ3n) is 4.51. The Morgan fingerprint density at radius 2 is 2.20 bits per heavy atom. The maximum Gasteiger partial charge on any atom is 0.238 e. The van der Waals surface area contributed by atoms with Crippen molar-refractivity contribution in [2.24, 2.45) is 5.92 Å². The molecule has 0 spiro atoms. The Kier molecular flexibility index (Phi) is 5.94. The fraction of sp³-hybridized carbons (Fsp3) is 0.444. The predicted molar refractivity (Wildman–Crippen MR) is 98.0 cm³/mol. The first kappa shape index (κ1) is 17.8. The Labute approximate surface area is 152 Å². The number of nitrogens with zero attached hydrogens (tertiary/aromatic N) is 3. The monoisotopic (exact) mass is 362 g/mol. The minimum absolute atomic E-state index is 0.0499. The molecular weight excluding hydrogens is 340 g/mol. The van der Waals surface area contributed by atoms with Gasteiger partial charge in [0.05, 0.1) is 19.3 Å². The predicted octanol–water partition coefficient (Wildman–Crippen LogP) is 2.90. The molecule has 1 saturated heterocycles. The number of hydrogen-bond donors (Lipinski definition) is 1.